The summed E-state index contributed by atoms with van der Waals surface area (Å²) in [6.07, 6.45) is 8.30. The van der Waals surface area contributed by atoms with Crippen molar-refractivity contribution in [1.29, 1.82) is 0 Å². The molecule has 20 heavy (non-hydrogen) atoms. The fourth-order valence-corrected chi connectivity index (χ4v) is 3.37. The first-order chi connectivity index (χ1) is 9.34. The van der Waals surface area contributed by atoms with E-state index in [0.717, 1.165) is 44.0 Å². The van der Waals surface area contributed by atoms with E-state index in [1.165, 1.54) is 12.8 Å². The second-order valence-corrected chi connectivity index (χ2v) is 7.58. The topological polar surface area (TPSA) is 56.7 Å². The average Bonchev–Trinajstić information content (AvgIpc) is 2.76. The Morgan fingerprint density at radius 2 is 2.00 bits per heavy atom. The fraction of sp³-hybridized carbons (Fsp3) is 0.875. The van der Waals surface area contributed by atoms with E-state index in [9.17, 15) is 0 Å². The van der Waals surface area contributed by atoms with Crippen molar-refractivity contribution in [2.45, 2.75) is 78.3 Å². The van der Waals surface area contributed by atoms with Crippen LogP contribution in [0.4, 0.5) is 0 Å². The molecule has 1 aliphatic carbocycles. The van der Waals surface area contributed by atoms with Crippen LogP contribution < -0.4 is 5.73 Å². The molecule has 1 aromatic heterocycles. The lowest BCUT2D eigenvalue weighted by Gasteiger charge is -2.42. The zero-order valence-electron chi connectivity index (χ0n) is 13.5. The molecule has 0 spiro atoms. The molecular weight excluding hydrogens is 248 g/mol. The van der Waals surface area contributed by atoms with Gasteiger partial charge in [0.1, 0.15) is 12.2 Å². The molecule has 1 aliphatic rings. The predicted octanol–water partition coefficient (Wildman–Crippen LogP) is 3.16. The number of aromatic nitrogens is 3. The zero-order chi connectivity index (χ0) is 14.8. The standard InChI is InChI=1S/C16H30N4/c1-5-10-20-14(18-12-19-20)11-16(17)8-6-13(7-9-16)15(2,3)4/h12-13H,5-11,17H2,1-4H3. The maximum absolute atomic E-state index is 6.64. The van der Waals surface area contributed by atoms with E-state index in [1.54, 1.807) is 6.33 Å². The maximum Gasteiger partial charge on any atom is 0.138 e. The highest BCUT2D eigenvalue weighted by Crippen LogP contribution is 2.41. The van der Waals surface area contributed by atoms with Crippen molar-refractivity contribution < 1.29 is 0 Å². The molecule has 1 aromatic rings. The van der Waals surface area contributed by atoms with Crippen LogP contribution in [0.1, 0.15) is 65.6 Å². The Morgan fingerprint density at radius 1 is 1.35 bits per heavy atom. The highest BCUT2D eigenvalue weighted by Gasteiger charge is 2.37. The van der Waals surface area contributed by atoms with Crippen molar-refractivity contribution in [3.63, 3.8) is 0 Å². The Kier molecular flexibility index (Phi) is 4.52. The van der Waals surface area contributed by atoms with Gasteiger partial charge in [0.15, 0.2) is 0 Å². The van der Waals surface area contributed by atoms with Crippen LogP contribution in [0.5, 0.6) is 0 Å². The van der Waals surface area contributed by atoms with E-state index in [1.807, 2.05) is 4.68 Å². The summed E-state index contributed by atoms with van der Waals surface area (Å²) in [4.78, 5) is 4.41. The van der Waals surface area contributed by atoms with E-state index in [0.29, 0.717) is 5.41 Å². The summed E-state index contributed by atoms with van der Waals surface area (Å²) in [6.45, 7) is 10.1. The van der Waals surface area contributed by atoms with Gasteiger partial charge >= 0.3 is 0 Å². The molecule has 4 heteroatoms. The summed E-state index contributed by atoms with van der Waals surface area (Å²) in [6, 6.07) is 0. The number of hydrogen-bond donors (Lipinski definition) is 1. The smallest absolute Gasteiger partial charge is 0.138 e. The molecule has 1 saturated carbocycles. The van der Waals surface area contributed by atoms with Crippen molar-refractivity contribution >= 4 is 0 Å². The summed E-state index contributed by atoms with van der Waals surface area (Å²) < 4.78 is 2.02. The quantitative estimate of drug-likeness (QED) is 0.920. The van der Waals surface area contributed by atoms with Gasteiger partial charge in [0.05, 0.1) is 0 Å². The summed E-state index contributed by atoms with van der Waals surface area (Å²) in [5.41, 5.74) is 6.96. The molecule has 1 fully saturated rings. The third-order valence-corrected chi connectivity index (χ3v) is 4.85. The summed E-state index contributed by atoms with van der Waals surface area (Å²) in [7, 11) is 0. The molecule has 0 amide bonds. The first-order valence-corrected chi connectivity index (χ1v) is 8.00. The van der Waals surface area contributed by atoms with Crippen LogP contribution in [-0.4, -0.2) is 20.3 Å². The summed E-state index contributed by atoms with van der Waals surface area (Å²) in [5.74, 6) is 1.86. The highest BCUT2D eigenvalue weighted by atomic mass is 15.3. The van der Waals surface area contributed by atoms with Crippen LogP contribution in [0.2, 0.25) is 0 Å². The van der Waals surface area contributed by atoms with Gasteiger partial charge in [-0.05, 0) is 43.4 Å². The lowest BCUT2D eigenvalue weighted by atomic mass is 9.67. The Morgan fingerprint density at radius 3 is 2.55 bits per heavy atom. The minimum Gasteiger partial charge on any atom is -0.325 e. The predicted molar refractivity (Wildman–Crippen MR) is 82.3 cm³/mol. The lowest BCUT2D eigenvalue weighted by molar-refractivity contribution is 0.132. The molecule has 0 aliphatic heterocycles. The van der Waals surface area contributed by atoms with E-state index >= 15 is 0 Å². The van der Waals surface area contributed by atoms with Gasteiger partial charge < -0.3 is 5.73 Å². The average molecular weight is 278 g/mol. The van der Waals surface area contributed by atoms with Gasteiger partial charge in [-0.2, -0.15) is 5.10 Å². The number of nitrogens with zero attached hydrogens (tertiary/aromatic N) is 3. The van der Waals surface area contributed by atoms with Crippen LogP contribution in [-0.2, 0) is 13.0 Å². The second-order valence-electron chi connectivity index (χ2n) is 7.58. The molecule has 114 valence electrons. The van der Waals surface area contributed by atoms with Crippen molar-refractivity contribution in [3.8, 4) is 0 Å². The molecule has 1 heterocycles. The molecule has 0 saturated heterocycles. The van der Waals surface area contributed by atoms with Crippen molar-refractivity contribution in [1.82, 2.24) is 14.8 Å². The molecule has 0 aromatic carbocycles. The first kappa shape index (κ1) is 15.5. The van der Waals surface area contributed by atoms with Gasteiger partial charge in [-0.3, -0.25) is 4.68 Å². The number of rotatable bonds is 4. The lowest BCUT2D eigenvalue weighted by Crippen LogP contribution is -2.47. The van der Waals surface area contributed by atoms with Gasteiger partial charge in [0, 0.05) is 18.5 Å². The van der Waals surface area contributed by atoms with Crippen molar-refractivity contribution in [2.24, 2.45) is 17.1 Å². The summed E-state index contributed by atoms with van der Waals surface area (Å²) >= 11 is 0. The summed E-state index contributed by atoms with van der Waals surface area (Å²) in [5, 5.41) is 4.31. The van der Waals surface area contributed by atoms with Crippen LogP contribution in [0.3, 0.4) is 0 Å². The molecule has 0 radical (unpaired) electrons. The third-order valence-electron chi connectivity index (χ3n) is 4.85. The molecule has 0 bridgehead atoms. The largest absolute Gasteiger partial charge is 0.325 e. The van der Waals surface area contributed by atoms with Gasteiger partial charge in [-0.15, -0.1) is 0 Å². The number of hydrogen-bond acceptors (Lipinski definition) is 3. The SMILES string of the molecule is CCCn1ncnc1CC1(N)CCC(C(C)(C)C)CC1. The van der Waals surface area contributed by atoms with Crippen LogP contribution in [0.15, 0.2) is 6.33 Å². The zero-order valence-corrected chi connectivity index (χ0v) is 13.5. The maximum atomic E-state index is 6.64. The minimum absolute atomic E-state index is 0.0831. The molecule has 0 atom stereocenters. The molecule has 2 rings (SSSR count). The molecular formula is C16H30N4. The van der Waals surface area contributed by atoms with Gasteiger partial charge in [-0.25, -0.2) is 4.98 Å². The molecule has 4 nitrogen and oxygen atoms in total. The first-order valence-electron chi connectivity index (χ1n) is 8.00. The molecule has 0 unspecified atom stereocenters. The monoisotopic (exact) mass is 278 g/mol. The number of aryl methyl sites for hydroxylation is 1. The second kappa shape index (κ2) is 5.84. The van der Waals surface area contributed by atoms with Gasteiger partial charge in [0.2, 0.25) is 0 Å². The van der Waals surface area contributed by atoms with E-state index < -0.39 is 0 Å². The van der Waals surface area contributed by atoms with Gasteiger partial charge in [0.25, 0.3) is 0 Å². The van der Waals surface area contributed by atoms with Crippen LogP contribution in [0, 0.1) is 11.3 Å². The Balaban J connectivity index is 1.98. The van der Waals surface area contributed by atoms with Crippen molar-refractivity contribution in [2.75, 3.05) is 0 Å². The van der Waals surface area contributed by atoms with Crippen molar-refractivity contribution in [3.05, 3.63) is 12.2 Å². The third kappa shape index (κ3) is 3.60. The van der Waals surface area contributed by atoms with E-state index in [4.69, 9.17) is 5.73 Å². The van der Waals surface area contributed by atoms with E-state index in [2.05, 4.69) is 37.8 Å². The normalized spacial score (nSPS) is 27.8. The Labute approximate surface area is 123 Å². The fourth-order valence-electron chi connectivity index (χ4n) is 3.37. The minimum atomic E-state index is -0.0831. The van der Waals surface area contributed by atoms with E-state index in [-0.39, 0.29) is 5.54 Å². The highest BCUT2D eigenvalue weighted by molar-refractivity contribution is 5.01. The Hall–Kier alpha value is -0.900. The molecule has 2 N–H and O–H groups in total. The Bertz CT molecular complexity index is 422. The van der Waals surface area contributed by atoms with Crippen LogP contribution >= 0.6 is 0 Å². The van der Waals surface area contributed by atoms with Gasteiger partial charge in [-0.1, -0.05) is 27.7 Å². The number of nitrogens with two attached hydrogens (primary N) is 1. The van der Waals surface area contributed by atoms with Crippen LogP contribution in [0.25, 0.3) is 0 Å².